The minimum Gasteiger partial charge on any atom is -0.289 e. The molecule has 2 rings (SSSR count). The fourth-order valence-electron chi connectivity index (χ4n) is 1.29. The Bertz CT molecular complexity index is 559. The molecule has 0 bridgehead atoms. The van der Waals surface area contributed by atoms with Gasteiger partial charge in [-0.25, -0.2) is 8.78 Å². The maximum atomic E-state index is 12.9. The number of allylic oxidation sites excluding steroid dienone is 1. The lowest BCUT2D eigenvalue weighted by Crippen LogP contribution is -1.96. The van der Waals surface area contributed by atoms with E-state index in [0.717, 1.165) is 17.0 Å². The van der Waals surface area contributed by atoms with Crippen LogP contribution in [0.5, 0.6) is 0 Å². The van der Waals surface area contributed by atoms with E-state index >= 15 is 0 Å². The summed E-state index contributed by atoms with van der Waals surface area (Å²) in [6.07, 6.45) is 2.99. The van der Waals surface area contributed by atoms with Crippen molar-refractivity contribution in [3.63, 3.8) is 0 Å². The van der Waals surface area contributed by atoms with Gasteiger partial charge in [-0.05, 0) is 41.8 Å². The van der Waals surface area contributed by atoms with Crippen LogP contribution in [0.15, 0.2) is 41.8 Å². The second-order valence-corrected chi connectivity index (χ2v) is 4.32. The highest BCUT2D eigenvalue weighted by Gasteiger charge is 2.06. The first-order valence-corrected chi connectivity index (χ1v) is 5.76. The van der Waals surface area contributed by atoms with E-state index < -0.39 is 11.6 Å². The Kier molecular flexibility index (Phi) is 3.44. The Morgan fingerprint density at radius 2 is 2.00 bits per heavy atom. The van der Waals surface area contributed by atoms with Crippen molar-refractivity contribution >= 4 is 23.2 Å². The number of carbonyl (C=O) groups excluding carboxylic acids is 1. The Balaban J connectivity index is 2.17. The fraction of sp³-hybridized carbons (Fsp3) is 0. The van der Waals surface area contributed by atoms with Gasteiger partial charge in [-0.3, -0.25) is 4.79 Å². The minimum atomic E-state index is -1.01. The summed E-state index contributed by atoms with van der Waals surface area (Å²) in [7, 11) is 0. The summed E-state index contributed by atoms with van der Waals surface area (Å²) in [5.41, 5.74) is 0.136. The van der Waals surface area contributed by atoms with Crippen LogP contribution < -0.4 is 0 Å². The van der Waals surface area contributed by atoms with Crippen LogP contribution in [0.2, 0.25) is 0 Å². The second kappa shape index (κ2) is 5.01. The molecule has 0 saturated heterocycles. The van der Waals surface area contributed by atoms with Crippen molar-refractivity contribution in [3.05, 3.63) is 63.9 Å². The normalized spacial score (nSPS) is 10.9. The molecule has 0 unspecified atom stereocenters. The fourth-order valence-corrected chi connectivity index (χ4v) is 1.91. The number of hydrogen-bond donors (Lipinski definition) is 0. The Labute approximate surface area is 101 Å². The topological polar surface area (TPSA) is 17.1 Å². The third-order valence-electron chi connectivity index (χ3n) is 2.15. The molecule has 0 N–H and O–H groups in total. The van der Waals surface area contributed by atoms with Crippen LogP contribution in [0.25, 0.3) is 6.08 Å². The third-order valence-corrected chi connectivity index (χ3v) is 2.98. The first-order chi connectivity index (χ1) is 8.16. The number of ketones is 1. The van der Waals surface area contributed by atoms with Crippen molar-refractivity contribution in [3.8, 4) is 0 Å². The lowest BCUT2D eigenvalue weighted by atomic mass is 10.1. The summed E-state index contributed by atoms with van der Waals surface area (Å²) in [6, 6.07) is 6.84. The molecule has 17 heavy (non-hydrogen) atoms. The van der Waals surface area contributed by atoms with E-state index in [0.29, 0.717) is 0 Å². The number of halogens is 2. The van der Waals surface area contributed by atoms with Crippen LogP contribution in [0.3, 0.4) is 0 Å². The molecule has 1 nitrogen and oxygen atoms in total. The zero-order valence-electron chi connectivity index (χ0n) is 8.69. The molecule has 1 heterocycles. The predicted octanol–water partition coefficient (Wildman–Crippen LogP) is 3.92. The van der Waals surface area contributed by atoms with E-state index in [2.05, 4.69) is 0 Å². The molecule has 86 valence electrons. The Hall–Kier alpha value is -1.81. The molecule has 0 fully saturated rings. The Morgan fingerprint density at radius 1 is 1.18 bits per heavy atom. The highest BCUT2D eigenvalue weighted by Crippen LogP contribution is 2.13. The van der Waals surface area contributed by atoms with Gasteiger partial charge in [-0.1, -0.05) is 6.07 Å². The van der Waals surface area contributed by atoms with Crippen LogP contribution in [-0.4, -0.2) is 5.78 Å². The maximum Gasteiger partial charge on any atom is 0.185 e. The average Bonchev–Trinajstić information content (AvgIpc) is 2.82. The highest BCUT2D eigenvalue weighted by atomic mass is 32.1. The van der Waals surface area contributed by atoms with E-state index in [4.69, 9.17) is 0 Å². The first-order valence-electron chi connectivity index (χ1n) is 4.88. The number of thiophene rings is 1. The molecule has 0 radical (unpaired) electrons. The molecule has 0 aliphatic rings. The number of rotatable bonds is 3. The smallest absolute Gasteiger partial charge is 0.185 e. The van der Waals surface area contributed by atoms with Gasteiger partial charge in [0.25, 0.3) is 0 Å². The summed E-state index contributed by atoms with van der Waals surface area (Å²) in [6.45, 7) is 0. The lowest BCUT2D eigenvalue weighted by Gasteiger charge is -1.96. The summed E-state index contributed by atoms with van der Waals surface area (Å²) in [5, 5.41) is 1.89. The van der Waals surface area contributed by atoms with E-state index in [1.165, 1.54) is 23.5 Å². The average molecular weight is 250 g/mol. The van der Waals surface area contributed by atoms with Crippen molar-refractivity contribution < 1.29 is 13.6 Å². The third kappa shape index (κ3) is 2.85. The molecular formula is C13H8F2OS. The van der Waals surface area contributed by atoms with Crippen LogP contribution in [0.1, 0.15) is 15.2 Å². The molecule has 4 heteroatoms. The van der Waals surface area contributed by atoms with E-state index in [1.807, 2.05) is 17.5 Å². The van der Waals surface area contributed by atoms with Crippen molar-refractivity contribution in [1.82, 2.24) is 0 Å². The number of hydrogen-bond acceptors (Lipinski definition) is 2. The van der Waals surface area contributed by atoms with Gasteiger partial charge in [0, 0.05) is 10.4 Å². The first kappa shape index (κ1) is 11.7. The van der Waals surface area contributed by atoms with E-state index in [1.54, 1.807) is 6.08 Å². The van der Waals surface area contributed by atoms with Crippen LogP contribution in [-0.2, 0) is 0 Å². The van der Waals surface area contributed by atoms with Gasteiger partial charge in [-0.2, -0.15) is 0 Å². The molecule has 1 aromatic carbocycles. The van der Waals surface area contributed by atoms with Gasteiger partial charge in [0.1, 0.15) is 0 Å². The molecular weight excluding hydrogens is 242 g/mol. The molecule has 0 saturated carbocycles. The van der Waals surface area contributed by atoms with Gasteiger partial charge in [-0.15, -0.1) is 11.3 Å². The quantitative estimate of drug-likeness (QED) is 0.596. The van der Waals surface area contributed by atoms with Crippen molar-refractivity contribution in [2.24, 2.45) is 0 Å². The zero-order chi connectivity index (χ0) is 12.3. The second-order valence-electron chi connectivity index (χ2n) is 3.34. The van der Waals surface area contributed by atoms with Gasteiger partial charge >= 0.3 is 0 Å². The van der Waals surface area contributed by atoms with Gasteiger partial charge in [0.05, 0.1) is 0 Å². The molecule has 1 aromatic heterocycles. The molecule has 0 aliphatic carbocycles. The maximum absolute atomic E-state index is 12.9. The van der Waals surface area contributed by atoms with Crippen molar-refractivity contribution in [2.75, 3.05) is 0 Å². The summed E-state index contributed by atoms with van der Waals surface area (Å²) < 4.78 is 25.6. The summed E-state index contributed by atoms with van der Waals surface area (Å²) in [5.74, 6) is -2.32. The van der Waals surface area contributed by atoms with Gasteiger partial charge < -0.3 is 0 Å². The molecule has 0 spiro atoms. The monoisotopic (exact) mass is 250 g/mol. The molecule has 0 amide bonds. The SMILES string of the molecule is O=C(/C=C/c1cccs1)c1ccc(F)c(F)c1. The summed E-state index contributed by atoms with van der Waals surface area (Å²) >= 11 is 1.49. The van der Waals surface area contributed by atoms with Gasteiger partial charge in [0.15, 0.2) is 17.4 Å². The predicted molar refractivity (Wildman–Crippen MR) is 64.0 cm³/mol. The van der Waals surface area contributed by atoms with E-state index in [9.17, 15) is 13.6 Å². The van der Waals surface area contributed by atoms with E-state index in [-0.39, 0.29) is 11.3 Å². The van der Waals surface area contributed by atoms with Gasteiger partial charge in [0.2, 0.25) is 0 Å². The molecule has 2 aromatic rings. The van der Waals surface area contributed by atoms with Crippen LogP contribution >= 0.6 is 11.3 Å². The van der Waals surface area contributed by atoms with Crippen molar-refractivity contribution in [2.45, 2.75) is 0 Å². The highest BCUT2D eigenvalue weighted by molar-refractivity contribution is 7.10. The standard InChI is InChI=1S/C13H8F2OS/c14-11-5-3-9(8-12(11)15)13(16)6-4-10-2-1-7-17-10/h1-8H/b6-4+. The zero-order valence-corrected chi connectivity index (χ0v) is 9.51. The summed E-state index contributed by atoms with van der Waals surface area (Å²) in [4.78, 5) is 12.6. The minimum absolute atomic E-state index is 0.136. The Morgan fingerprint density at radius 3 is 2.65 bits per heavy atom. The largest absolute Gasteiger partial charge is 0.289 e. The van der Waals surface area contributed by atoms with Crippen molar-refractivity contribution in [1.29, 1.82) is 0 Å². The van der Waals surface area contributed by atoms with Crippen LogP contribution in [0.4, 0.5) is 8.78 Å². The number of benzene rings is 1. The number of carbonyl (C=O) groups is 1. The molecule has 0 aliphatic heterocycles. The molecule has 0 atom stereocenters. The van der Waals surface area contributed by atoms with Crippen LogP contribution in [0, 0.1) is 11.6 Å². The lowest BCUT2D eigenvalue weighted by molar-refractivity contribution is 0.104.